The maximum absolute atomic E-state index is 13.4. The van der Waals surface area contributed by atoms with Gasteiger partial charge in [-0.2, -0.15) is 25.0 Å². The predicted octanol–water partition coefficient (Wildman–Crippen LogP) is 9.98. The summed E-state index contributed by atoms with van der Waals surface area (Å²) in [7, 11) is 0. The summed E-state index contributed by atoms with van der Waals surface area (Å²) in [6, 6.07) is 14.8. The first-order chi connectivity index (χ1) is 43.0. The van der Waals surface area contributed by atoms with Crippen molar-refractivity contribution in [1.29, 1.82) is 0 Å². The fraction of sp³-hybridized carbons (Fsp3) is 0.194. The van der Waals surface area contributed by atoms with E-state index in [-0.39, 0.29) is 117 Å². The number of nitrogens with zero attached hydrogens (tertiary/aromatic N) is 8. The van der Waals surface area contributed by atoms with Gasteiger partial charge in [0.05, 0.1) is 22.8 Å². The summed E-state index contributed by atoms with van der Waals surface area (Å²) in [5, 5.41) is 0. The summed E-state index contributed by atoms with van der Waals surface area (Å²) < 4.78 is 22.5. The molecule has 6 aromatic rings. The molecule has 0 saturated carbocycles. The average Bonchev–Trinajstić information content (AvgIpc) is 2.25. The van der Waals surface area contributed by atoms with Crippen LogP contribution in [0.15, 0.2) is 72.8 Å². The molecule has 0 unspecified atom stereocenters. The van der Waals surface area contributed by atoms with Crippen molar-refractivity contribution in [3.63, 3.8) is 0 Å². The SMILES string of the molecule is [CH2-]c1c2nc(c3c4ccc([n-]4)c(C#CC#CC)c4nc(c(c5ccc1[n-]5)CCC(=O)OC/C=C/COC(=O)CCc1c5nc(c(C#CC#CC)c6ccc([n-]6)c(c6nc(c([CH2-])c7ccc1[n-]7)C=C6)CCC(=O)OC/C=C/COC(=O)CC3)C=C5)C=C4)C=C2.[Zn].[Zn]. The van der Waals surface area contributed by atoms with Crippen LogP contribution in [0.4, 0.5) is 0 Å². The monoisotopic (exact) mass is 1290 g/mol. The van der Waals surface area contributed by atoms with Gasteiger partial charge in [0.1, 0.15) is 26.4 Å². The summed E-state index contributed by atoms with van der Waals surface area (Å²) >= 11 is 0. The number of esters is 4. The van der Waals surface area contributed by atoms with E-state index in [1.807, 2.05) is 97.1 Å². The molecule has 90 heavy (non-hydrogen) atoms. The Balaban J connectivity index is 0.00000480. The van der Waals surface area contributed by atoms with Crippen LogP contribution in [0.5, 0.6) is 0 Å². The molecule has 14 heterocycles. The van der Waals surface area contributed by atoms with Crippen LogP contribution >= 0.6 is 0 Å². The summed E-state index contributed by atoms with van der Waals surface area (Å²) in [5.74, 6) is 21.6. The topological polar surface area (TPSA) is 213 Å². The number of aryl methyl sites for hydroxylation is 4. The Morgan fingerprint density at radius 2 is 0.600 bits per heavy atom. The van der Waals surface area contributed by atoms with Gasteiger partial charge in [-0.05, 0) is 158 Å². The van der Waals surface area contributed by atoms with Gasteiger partial charge in [0, 0.05) is 87.2 Å². The molecule has 0 saturated heterocycles. The Kier molecular flexibility index (Phi) is 21.5. The van der Waals surface area contributed by atoms with Crippen LogP contribution in [-0.2, 0) is 103 Å². The molecule has 0 spiro atoms. The van der Waals surface area contributed by atoms with E-state index in [1.165, 1.54) is 0 Å². The Morgan fingerprint density at radius 3 is 0.911 bits per heavy atom. The van der Waals surface area contributed by atoms with E-state index in [1.54, 1.807) is 38.2 Å². The molecule has 6 aromatic heterocycles. The Hall–Kier alpha value is -10.2. The summed E-state index contributed by atoms with van der Waals surface area (Å²) in [5.41, 5.74) is 14.0. The zero-order valence-corrected chi connectivity index (χ0v) is 55.6. The van der Waals surface area contributed by atoms with Gasteiger partial charge in [-0.15, -0.1) is 45.2 Å². The Morgan fingerprint density at radius 1 is 0.344 bits per heavy atom. The smallest absolute Gasteiger partial charge is 0.306 e. The van der Waals surface area contributed by atoms with E-state index < -0.39 is 23.9 Å². The van der Waals surface area contributed by atoms with Crippen LogP contribution in [0, 0.1) is 61.2 Å². The average molecular weight is 1290 g/mol. The largest absolute Gasteiger partial charge is 0.715 e. The van der Waals surface area contributed by atoms with Gasteiger partial charge in [0.25, 0.3) is 0 Å². The van der Waals surface area contributed by atoms with Crippen LogP contribution in [0.1, 0.15) is 130 Å². The molecule has 14 rings (SSSR count). The van der Waals surface area contributed by atoms with Crippen molar-refractivity contribution < 1.29 is 77.1 Å². The molecule has 440 valence electrons. The minimum Gasteiger partial charge on any atom is -0.715 e. The van der Waals surface area contributed by atoms with Gasteiger partial charge in [-0.1, -0.05) is 72.2 Å². The normalized spacial score (nSPS) is 15.1. The van der Waals surface area contributed by atoms with Crippen molar-refractivity contribution in [2.24, 2.45) is 0 Å². The van der Waals surface area contributed by atoms with Gasteiger partial charge in [-0.3, -0.25) is 19.2 Å². The zero-order valence-electron chi connectivity index (χ0n) is 49.7. The number of ether oxygens (including phenoxy) is 4. The van der Waals surface area contributed by atoms with Gasteiger partial charge in [0.15, 0.2) is 0 Å². The number of rotatable bonds is 0. The van der Waals surface area contributed by atoms with Crippen molar-refractivity contribution in [3.8, 4) is 47.4 Å². The molecule has 8 aliphatic rings. The van der Waals surface area contributed by atoms with Gasteiger partial charge >= 0.3 is 23.9 Å². The molecular formula is C72H54N8O8Zn2-6. The van der Waals surface area contributed by atoms with Crippen molar-refractivity contribution >= 4 is 117 Å². The third-order valence-corrected chi connectivity index (χ3v) is 14.6. The molecule has 8 aliphatic heterocycles. The quantitative estimate of drug-likeness (QED) is 0.0345. The Bertz CT molecular complexity index is 4370. The molecule has 0 N–H and O–H groups in total. The number of aromatic nitrogens is 8. The van der Waals surface area contributed by atoms with Crippen molar-refractivity contribution in [2.75, 3.05) is 26.4 Å². The minimum atomic E-state index is -0.464. The third-order valence-electron chi connectivity index (χ3n) is 14.6. The molecule has 16 nitrogen and oxygen atoms in total. The minimum absolute atomic E-state index is 0. The molecule has 0 fully saturated rings. The molecule has 0 aliphatic carbocycles. The van der Waals surface area contributed by atoms with Crippen molar-refractivity contribution in [2.45, 2.75) is 65.2 Å². The molecule has 0 atom stereocenters. The zero-order chi connectivity index (χ0) is 60.9. The van der Waals surface area contributed by atoms with Crippen molar-refractivity contribution in [3.05, 3.63) is 177 Å². The van der Waals surface area contributed by atoms with Crippen LogP contribution in [-0.4, -0.2) is 70.2 Å². The number of hydrogen-bond acceptors (Lipinski definition) is 12. The summed E-state index contributed by atoms with van der Waals surface area (Å²) in [6.07, 6.45) is 22.2. The van der Waals surface area contributed by atoms with Crippen LogP contribution < -0.4 is 19.9 Å². The molecule has 20 bridgehead atoms. The molecule has 0 aromatic carbocycles. The van der Waals surface area contributed by atoms with E-state index in [2.05, 4.69) is 61.2 Å². The molecular weight excluding hydrogens is 1240 g/mol. The second-order valence-corrected chi connectivity index (χ2v) is 20.3. The van der Waals surface area contributed by atoms with E-state index in [0.717, 1.165) is 0 Å². The second kappa shape index (κ2) is 30.1. The fourth-order valence-electron chi connectivity index (χ4n) is 10.1. The standard InChI is InChI=1S/C72H54N8O8.2Zn/c1-5-7-9-15-47-57-29-33-65(77-57)49-17-37-69(81)85-41-11-13-43-87-71(83)39-19-51-63-27-23-55(75-63)46(4)56-24-28-64(76-56)52(68-36-32-60(80-68)48(16-10-8-6-2)59-31-35-67(51)79-59)20-40-72(84)88-44-14-12-42-86-70(82)38-18-50(66-34-30-58(47)78-66)62-26-22-54(74-62)45(3)53-21-25-61(49)73-53;;/h11-14,21-36H,3-4,17-20,37-44H2,1-2H3;;/q-6;;/b13-11+,14-12+,53-45?,54-45?,55-46?,56-46?,57-47?,58-47?,59-48?,60-48?,61-49?,62-50?,63-51?,64-52?,65-49?,66-50?,67-51?,68-52?;;. The molecule has 18 heteroatoms. The van der Waals surface area contributed by atoms with E-state index >= 15 is 0 Å². The van der Waals surface area contributed by atoms with Crippen LogP contribution in [0.25, 0.3) is 92.7 Å². The van der Waals surface area contributed by atoms with Crippen LogP contribution in [0.3, 0.4) is 0 Å². The maximum Gasteiger partial charge on any atom is 0.306 e. The number of carbonyl (C=O) groups is 4. The predicted molar refractivity (Wildman–Crippen MR) is 339 cm³/mol. The van der Waals surface area contributed by atoms with Gasteiger partial charge < -0.3 is 48.9 Å². The van der Waals surface area contributed by atoms with E-state index in [4.69, 9.17) is 58.8 Å². The first-order valence-electron chi connectivity index (χ1n) is 28.5. The molecule has 0 amide bonds. The fourth-order valence-corrected chi connectivity index (χ4v) is 10.1. The third kappa shape index (κ3) is 15.2. The first-order valence-corrected chi connectivity index (χ1v) is 28.5. The van der Waals surface area contributed by atoms with Gasteiger partial charge in [-0.25, -0.2) is 21.0 Å². The molecule has 0 radical (unpaired) electrons. The number of hydrogen-bond donors (Lipinski definition) is 0. The summed E-state index contributed by atoms with van der Waals surface area (Å²) in [4.78, 5) is 93.7. The Labute approximate surface area is 545 Å². The van der Waals surface area contributed by atoms with E-state index in [0.29, 0.717) is 134 Å². The van der Waals surface area contributed by atoms with Gasteiger partial charge in [0.2, 0.25) is 0 Å². The number of carbonyl (C=O) groups excluding carboxylic acids is 4. The summed E-state index contributed by atoms with van der Waals surface area (Å²) in [6.45, 7) is 11.9. The first kappa shape index (κ1) is 64.3. The van der Waals surface area contributed by atoms with Crippen molar-refractivity contribution in [1.82, 2.24) is 39.9 Å². The van der Waals surface area contributed by atoms with E-state index in [9.17, 15) is 19.2 Å². The second-order valence-electron chi connectivity index (χ2n) is 20.3. The maximum atomic E-state index is 13.4. The van der Waals surface area contributed by atoms with Crippen LogP contribution in [0.2, 0.25) is 0 Å².